The van der Waals surface area contributed by atoms with Gasteiger partial charge in [0.15, 0.2) is 0 Å². The number of nitrogens with zero attached hydrogens (tertiary/aromatic N) is 2. The van der Waals surface area contributed by atoms with E-state index in [0.29, 0.717) is 6.61 Å². The third-order valence-corrected chi connectivity index (χ3v) is 5.03. The van der Waals surface area contributed by atoms with Crippen molar-refractivity contribution in [1.29, 1.82) is 0 Å². The lowest BCUT2D eigenvalue weighted by atomic mass is 9.82. The van der Waals surface area contributed by atoms with Gasteiger partial charge in [0, 0.05) is 13.2 Å². The van der Waals surface area contributed by atoms with Crippen molar-refractivity contribution in [2.24, 2.45) is 0 Å². The van der Waals surface area contributed by atoms with Crippen molar-refractivity contribution >= 4 is 0 Å². The molecule has 0 radical (unpaired) electrons. The van der Waals surface area contributed by atoms with E-state index in [0.717, 1.165) is 50.5 Å². The molecule has 0 aromatic carbocycles. The number of rotatable bonds is 4. The second kappa shape index (κ2) is 6.05. The van der Waals surface area contributed by atoms with Crippen LogP contribution in [0.2, 0.25) is 0 Å². The molecule has 1 aromatic rings. The Bertz CT molecular complexity index is 454. The van der Waals surface area contributed by atoms with Crippen molar-refractivity contribution in [2.75, 3.05) is 19.7 Å². The molecule has 21 heavy (non-hydrogen) atoms. The second-order valence-corrected chi connectivity index (χ2v) is 6.75. The SMILES string of the molecule is CCOC1(c2noc(C3(C)CCCNC3)n2)CCCCC1. The van der Waals surface area contributed by atoms with Gasteiger partial charge in [-0.05, 0) is 46.1 Å². The lowest BCUT2D eigenvalue weighted by Gasteiger charge is -2.34. The molecular formula is C16H27N3O2. The number of piperidine rings is 1. The minimum absolute atomic E-state index is 0.0361. The minimum atomic E-state index is -0.312. The molecule has 0 amide bonds. The normalized spacial score (nSPS) is 29.4. The Morgan fingerprint density at radius 2 is 2.00 bits per heavy atom. The summed E-state index contributed by atoms with van der Waals surface area (Å²) in [5.41, 5.74) is -0.348. The molecule has 1 aromatic heterocycles. The van der Waals surface area contributed by atoms with Crippen LogP contribution >= 0.6 is 0 Å². The van der Waals surface area contributed by atoms with Crippen LogP contribution in [0.5, 0.6) is 0 Å². The topological polar surface area (TPSA) is 60.2 Å². The summed E-state index contributed by atoms with van der Waals surface area (Å²) in [6.45, 7) is 6.95. The van der Waals surface area contributed by atoms with Crippen LogP contribution in [-0.2, 0) is 15.8 Å². The maximum Gasteiger partial charge on any atom is 0.233 e. The number of hydrogen-bond donors (Lipinski definition) is 1. The highest BCUT2D eigenvalue weighted by Gasteiger charge is 2.42. The van der Waals surface area contributed by atoms with Crippen LogP contribution in [0.3, 0.4) is 0 Å². The van der Waals surface area contributed by atoms with Crippen LogP contribution in [0, 0.1) is 0 Å². The van der Waals surface area contributed by atoms with Crippen LogP contribution in [0.4, 0.5) is 0 Å². The predicted molar refractivity (Wildman–Crippen MR) is 80.1 cm³/mol. The van der Waals surface area contributed by atoms with E-state index in [1.807, 2.05) is 6.92 Å². The molecule has 1 aliphatic heterocycles. The van der Waals surface area contributed by atoms with Crippen molar-refractivity contribution in [3.63, 3.8) is 0 Å². The van der Waals surface area contributed by atoms with E-state index in [1.165, 1.54) is 19.3 Å². The summed E-state index contributed by atoms with van der Waals surface area (Å²) in [6, 6.07) is 0. The van der Waals surface area contributed by atoms with Crippen molar-refractivity contribution in [3.8, 4) is 0 Å². The highest BCUT2D eigenvalue weighted by atomic mass is 16.5. The van der Waals surface area contributed by atoms with Gasteiger partial charge in [-0.3, -0.25) is 0 Å². The number of aromatic nitrogens is 2. The van der Waals surface area contributed by atoms with Gasteiger partial charge in [-0.25, -0.2) is 0 Å². The van der Waals surface area contributed by atoms with Gasteiger partial charge < -0.3 is 14.6 Å². The molecule has 1 aliphatic carbocycles. The van der Waals surface area contributed by atoms with Gasteiger partial charge >= 0.3 is 0 Å². The minimum Gasteiger partial charge on any atom is -0.367 e. The molecule has 3 rings (SSSR count). The quantitative estimate of drug-likeness (QED) is 0.925. The van der Waals surface area contributed by atoms with E-state index in [2.05, 4.69) is 17.4 Å². The lowest BCUT2D eigenvalue weighted by molar-refractivity contribution is -0.0777. The molecule has 1 saturated carbocycles. The summed E-state index contributed by atoms with van der Waals surface area (Å²) in [7, 11) is 0. The van der Waals surface area contributed by atoms with Crippen molar-refractivity contribution in [3.05, 3.63) is 11.7 Å². The molecule has 2 fully saturated rings. The van der Waals surface area contributed by atoms with Gasteiger partial charge in [0.2, 0.25) is 11.7 Å². The zero-order valence-corrected chi connectivity index (χ0v) is 13.3. The average molecular weight is 293 g/mol. The third kappa shape index (κ3) is 2.86. The highest BCUT2D eigenvalue weighted by Crippen LogP contribution is 2.40. The molecule has 0 bridgehead atoms. The summed E-state index contributed by atoms with van der Waals surface area (Å²) in [5, 5.41) is 7.75. The summed E-state index contributed by atoms with van der Waals surface area (Å²) in [6.07, 6.45) is 7.92. The van der Waals surface area contributed by atoms with Crippen LogP contribution < -0.4 is 5.32 Å². The van der Waals surface area contributed by atoms with Crippen molar-refractivity contribution in [1.82, 2.24) is 15.5 Å². The van der Waals surface area contributed by atoms with Gasteiger partial charge in [0.05, 0.1) is 5.41 Å². The van der Waals surface area contributed by atoms with E-state index in [9.17, 15) is 0 Å². The molecule has 2 heterocycles. The Balaban J connectivity index is 1.85. The van der Waals surface area contributed by atoms with E-state index >= 15 is 0 Å². The van der Waals surface area contributed by atoms with Gasteiger partial charge in [0.25, 0.3) is 0 Å². The Labute approximate surface area is 126 Å². The van der Waals surface area contributed by atoms with E-state index < -0.39 is 0 Å². The second-order valence-electron chi connectivity index (χ2n) is 6.75. The zero-order valence-electron chi connectivity index (χ0n) is 13.3. The van der Waals surface area contributed by atoms with Crippen molar-refractivity contribution < 1.29 is 9.26 Å². The van der Waals surface area contributed by atoms with Crippen LogP contribution in [0.25, 0.3) is 0 Å². The molecule has 2 aliphatic rings. The first-order valence-electron chi connectivity index (χ1n) is 8.38. The van der Waals surface area contributed by atoms with Crippen molar-refractivity contribution in [2.45, 2.75) is 69.8 Å². The van der Waals surface area contributed by atoms with Crippen LogP contribution in [0.15, 0.2) is 4.52 Å². The summed E-state index contributed by atoms with van der Waals surface area (Å²) >= 11 is 0. The number of nitrogens with one attached hydrogen (secondary N) is 1. The predicted octanol–water partition coefficient (Wildman–Crippen LogP) is 2.91. The lowest BCUT2D eigenvalue weighted by Crippen LogP contribution is -2.41. The Kier molecular flexibility index (Phi) is 4.31. The Hall–Kier alpha value is -0.940. The summed E-state index contributed by atoms with van der Waals surface area (Å²) in [5.74, 6) is 1.54. The molecule has 5 nitrogen and oxygen atoms in total. The van der Waals surface area contributed by atoms with Gasteiger partial charge in [0.1, 0.15) is 5.60 Å². The first-order valence-corrected chi connectivity index (χ1v) is 8.38. The molecule has 0 spiro atoms. The molecular weight excluding hydrogens is 266 g/mol. The number of hydrogen-bond acceptors (Lipinski definition) is 5. The third-order valence-electron chi connectivity index (χ3n) is 5.03. The molecule has 1 N–H and O–H groups in total. The summed E-state index contributed by atoms with van der Waals surface area (Å²) in [4.78, 5) is 4.78. The average Bonchev–Trinajstić information content (AvgIpc) is 3.01. The Morgan fingerprint density at radius 3 is 2.67 bits per heavy atom. The van der Waals surface area contributed by atoms with Gasteiger partial charge in [-0.2, -0.15) is 4.98 Å². The van der Waals surface area contributed by atoms with Gasteiger partial charge in [-0.15, -0.1) is 0 Å². The van der Waals surface area contributed by atoms with Crippen LogP contribution in [0.1, 0.15) is 70.5 Å². The standard InChI is InChI=1S/C16H27N3O2/c1-3-20-16(9-5-4-6-10-16)13-18-14(21-19-13)15(2)8-7-11-17-12-15/h17H,3-12H2,1-2H3. The Morgan fingerprint density at radius 1 is 1.19 bits per heavy atom. The molecule has 5 heteroatoms. The highest BCUT2D eigenvalue weighted by molar-refractivity contribution is 5.10. The fourth-order valence-electron chi connectivity index (χ4n) is 3.72. The monoisotopic (exact) mass is 293 g/mol. The zero-order chi connectivity index (χ0) is 14.8. The summed E-state index contributed by atoms with van der Waals surface area (Å²) < 4.78 is 11.7. The van der Waals surface area contributed by atoms with Gasteiger partial charge in [-0.1, -0.05) is 24.4 Å². The smallest absolute Gasteiger partial charge is 0.233 e. The molecule has 118 valence electrons. The fraction of sp³-hybridized carbons (Fsp3) is 0.875. The molecule has 1 atom stereocenters. The first-order chi connectivity index (χ1) is 10.2. The van der Waals surface area contributed by atoms with Crippen LogP contribution in [-0.4, -0.2) is 29.8 Å². The maximum absolute atomic E-state index is 6.09. The number of ether oxygens (including phenoxy) is 1. The van der Waals surface area contributed by atoms with E-state index in [4.69, 9.17) is 14.2 Å². The fourth-order valence-corrected chi connectivity index (χ4v) is 3.72. The largest absolute Gasteiger partial charge is 0.367 e. The maximum atomic E-state index is 6.09. The van der Waals surface area contributed by atoms with E-state index in [1.54, 1.807) is 0 Å². The first kappa shape index (κ1) is 15.0. The van der Waals surface area contributed by atoms with E-state index in [-0.39, 0.29) is 11.0 Å². The molecule has 1 saturated heterocycles. The molecule has 1 unspecified atom stereocenters.